The summed E-state index contributed by atoms with van der Waals surface area (Å²) in [5, 5.41) is 46.7. The zero-order chi connectivity index (χ0) is 60.9. The van der Waals surface area contributed by atoms with E-state index in [0.717, 1.165) is 44.7 Å². The summed E-state index contributed by atoms with van der Waals surface area (Å²) in [4.78, 5) is 0. The molecule has 9 heteroatoms. The molecule has 0 atom stereocenters. The van der Waals surface area contributed by atoms with Gasteiger partial charge in [-0.05, 0) is 174 Å². The molecule has 430 valence electrons. The predicted octanol–water partition coefficient (Wildman–Crippen LogP) is 19.9. The molecule has 10 aromatic rings. The SMILES string of the molecule is COc1ccc(/C=C/c2cc(O)cc(OC)c2)cc1.Cc1cc(C)cc(/C=C/c2ccc(O)cc2)c1.Cc1ccc(/C=C/c2cccc(O)c2)cc1.Cc1cccc(/C=C/c2ccc(O)cc2)c1.Oc1ccc(/C=C/c2cc(F)cc(Cl)c2)cc1. The third-order valence-corrected chi connectivity index (χ3v) is 12.6. The largest absolute Gasteiger partial charge is 0.508 e. The summed E-state index contributed by atoms with van der Waals surface area (Å²) in [6.07, 6.45) is 19.7. The lowest BCUT2D eigenvalue weighted by molar-refractivity contribution is 0.407. The highest BCUT2D eigenvalue weighted by Crippen LogP contribution is 2.24. The van der Waals surface area contributed by atoms with E-state index in [4.69, 9.17) is 31.3 Å². The van der Waals surface area contributed by atoms with E-state index in [1.807, 2.05) is 115 Å². The topological polar surface area (TPSA) is 120 Å². The van der Waals surface area contributed by atoms with Gasteiger partial charge in [0.25, 0.3) is 0 Å². The van der Waals surface area contributed by atoms with Gasteiger partial charge in [0.2, 0.25) is 0 Å². The summed E-state index contributed by atoms with van der Waals surface area (Å²) in [6.45, 7) is 8.36. The van der Waals surface area contributed by atoms with Gasteiger partial charge in [0.1, 0.15) is 46.1 Å². The first-order valence-electron chi connectivity index (χ1n) is 27.2. The van der Waals surface area contributed by atoms with E-state index >= 15 is 0 Å². The lowest BCUT2D eigenvalue weighted by Crippen LogP contribution is -1.83. The molecule has 0 aromatic heterocycles. The Bertz CT molecular complexity index is 3590. The number of ether oxygens (including phenoxy) is 2. The highest BCUT2D eigenvalue weighted by molar-refractivity contribution is 6.30. The standard InChI is InChI=1S/C16H16O3.C16H16O.2C15H14O.C14H10ClFO/c1-18-15-7-5-12(6-8-15)3-4-13-9-14(17)11-16(10-13)19-2;1-12-9-13(2)11-15(10-12)4-3-14-5-7-16(17)8-6-14;1-12-5-7-13(8-6-12)9-10-14-3-2-4-15(16)11-14;1-12-3-2-4-14(11-12)6-5-13-7-9-15(16)10-8-13;15-12-7-11(8-13(16)9-12)2-1-10-3-5-14(17)6-4-10/h3-11,17H,1-2H3;3-11,17H,1-2H3;2*2-11,16H,1H3;1-9,17H/b2*4-3+;10-9+;6-5+;2-1+. The zero-order valence-corrected chi connectivity index (χ0v) is 49.2. The minimum absolute atomic E-state index is 0.189. The van der Waals surface area contributed by atoms with Gasteiger partial charge in [-0.1, -0.05) is 222 Å². The number of rotatable bonds is 12. The molecule has 0 radical (unpaired) electrons. The number of phenols is 5. The van der Waals surface area contributed by atoms with Gasteiger partial charge in [-0.25, -0.2) is 4.39 Å². The maximum atomic E-state index is 13.1. The lowest BCUT2D eigenvalue weighted by atomic mass is 10.1. The molecular formula is C76H70ClFO7. The summed E-state index contributed by atoms with van der Waals surface area (Å²) >= 11 is 5.75. The second-order valence-corrected chi connectivity index (χ2v) is 20.2. The Hall–Kier alpha value is -10.3. The van der Waals surface area contributed by atoms with Crippen LogP contribution in [0.1, 0.15) is 77.9 Å². The van der Waals surface area contributed by atoms with Crippen LogP contribution in [0, 0.1) is 33.5 Å². The third kappa shape index (κ3) is 24.4. The van der Waals surface area contributed by atoms with Crippen LogP contribution in [0.4, 0.5) is 4.39 Å². The number of phenolic OH excluding ortho intramolecular Hbond substituents is 5. The molecule has 0 spiro atoms. The number of hydrogen-bond acceptors (Lipinski definition) is 7. The van der Waals surface area contributed by atoms with Crippen LogP contribution in [-0.2, 0) is 0 Å². The average molecular weight is 1150 g/mol. The second kappa shape index (κ2) is 33.6. The van der Waals surface area contributed by atoms with Crippen molar-refractivity contribution in [2.75, 3.05) is 14.2 Å². The summed E-state index contributed by atoms with van der Waals surface area (Å²) in [6, 6.07) is 68.6. The zero-order valence-electron chi connectivity index (χ0n) is 48.4. The van der Waals surface area contributed by atoms with Crippen molar-refractivity contribution in [3.8, 4) is 40.2 Å². The molecule has 10 rings (SSSR count). The van der Waals surface area contributed by atoms with Crippen molar-refractivity contribution in [3.05, 3.63) is 313 Å². The van der Waals surface area contributed by atoms with Gasteiger partial charge in [-0.3, -0.25) is 0 Å². The van der Waals surface area contributed by atoms with Gasteiger partial charge in [0.15, 0.2) is 0 Å². The van der Waals surface area contributed by atoms with Crippen molar-refractivity contribution < 1.29 is 39.4 Å². The summed E-state index contributed by atoms with van der Waals surface area (Å²) < 4.78 is 23.3. The van der Waals surface area contributed by atoms with Crippen LogP contribution in [-0.4, -0.2) is 39.8 Å². The minimum Gasteiger partial charge on any atom is -0.508 e. The molecule has 0 aliphatic rings. The number of hydrogen-bond donors (Lipinski definition) is 5. The quantitative estimate of drug-likeness (QED) is 0.0773. The first kappa shape index (κ1) is 63.9. The smallest absolute Gasteiger partial charge is 0.125 e. The normalized spacial score (nSPS) is 10.8. The Labute approximate surface area is 504 Å². The molecule has 85 heavy (non-hydrogen) atoms. The molecule has 0 aliphatic carbocycles. The van der Waals surface area contributed by atoms with E-state index in [9.17, 15) is 19.7 Å². The molecular weight excluding hydrogens is 1080 g/mol. The number of halogens is 2. The highest BCUT2D eigenvalue weighted by atomic mass is 35.5. The monoisotopic (exact) mass is 1150 g/mol. The van der Waals surface area contributed by atoms with Gasteiger partial charge in [0, 0.05) is 11.1 Å². The highest BCUT2D eigenvalue weighted by Gasteiger charge is 2.00. The molecule has 10 aromatic carbocycles. The van der Waals surface area contributed by atoms with Gasteiger partial charge < -0.3 is 35.0 Å². The van der Waals surface area contributed by atoms with Crippen LogP contribution >= 0.6 is 11.6 Å². The van der Waals surface area contributed by atoms with Crippen molar-refractivity contribution in [2.24, 2.45) is 0 Å². The number of aromatic hydroxyl groups is 5. The fourth-order valence-electron chi connectivity index (χ4n) is 8.11. The van der Waals surface area contributed by atoms with Crippen LogP contribution in [0.3, 0.4) is 0 Å². The Morgan fingerprint density at radius 2 is 0.647 bits per heavy atom. The Morgan fingerprint density at radius 3 is 1.08 bits per heavy atom. The van der Waals surface area contributed by atoms with Crippen LogP contribution < -0.4 is 9.47 Å². The van der Waals surface area contributed by atoms with Gasteiger partial charge in [0.05, 0.1) is 14.2 Å². The van der Waals surface area contributed by atoms with E-state index < -0.39 is 0 Å². The summed E-state index contributed by atoms with van der Waals surface area (Å²) in [5.41, 5.74) is 15.3. The Balaban J connectivity index is 0.000000170. The fraction of sp³-hybridized carbons (Fsp3) is 0.0789. The van der Waals surface area contributed by atoms with Crippen LogP contribution in [0.15, 0.2) is 224 Å². The molecule has 0 saturated carbocycles. The average Bonchev–Trinajstić information content (AvgIpc) is 3.63. The van der Waals surface area contributed by atoms with Crippen molar-refractivity contribution >= 4 is 72.4 Å². The van der Waals surface area contributed by atoms with E-state index in [2.05, 4.69) is 101 Å². The molecule has 0 aliphatic heterocycles. The van der Waals surface area contributed by atoms with Gasteiger partial charge >= 0.3 is 0 Å². The first-order valence-corrected chi connectivity index (χ1v) is 27.6. The maximum absolute atomic E-state index is 13.1. The molecule has 0 saturated heterocycles. The van der Waals surface area contributed by atoms with Crippen molar-refractivity contribution in [1.82, 2.24) is 0 Å². The molecule has 5 N–H and O–H groups in total. The maximum Gasteiger partial charge on any atom is 0.125 e. The summed E-state index contributed by atoms with van der Waals surface area (Å²) in [5.74, 6) is 2.41. The molecule has 0 unspecified atom stereocenters. The minimum atomic E-state index is -0.358. The molecule has 0 bridgehead atoms. The Morgan fingerprint density at radius 1 is 0.282 bits per heavy atom. The third-order valence-electron chi connectivity index (χ3n) is 12.4. The lowest BCUT2D eigenvalue weighted by Gasteiger charge is -2.03. The number of methoxy groups -OCH3 is 2. The second-order valence-electron chi connectivity index (χ2n) is 19.7. The van der Waals surface area contributed by atoms with E-state index in [0.29, 0.717) is 33.6 Å². The van der Waals surface area contributed by atoms with E-state index in [-0.39, 0.29) is 17.3 Å². The first-order chi connectivity index (χ1) is 40.9. The number of aryl methyl sites for hydroxylation is 4. The summed E-state index contributed by atoms with van der Waals surface area (Å²) in [7, 11) is 3.22. The predicted molar refractivity (Wildman–Crippen MR) is 354 cm³/mol. The van der Waals surface area contributed by atoms with Crippen molar-refractivity contribution in [2.45, 2.75) is 27.7 Å². The Kier molecular flexibility index (Phi) is 25.3. The fourth-order valence-corrected chi connectivity index (χ4v) is 8.34. The molecule has 0 fully saturated rings. The molecule has 0 amide bonds. The number of benzene rings is 10. The van der Waals surface area contributed by atoms with Crippen LogP contribution in [0.5, 0.6) is 40.2 Å². The van der Waals surface area contributed by atoms with Gasteiger partial charge in [-0.2, -0.15) is 0 Å². The van der Waals surface area contributed by atoms with Crippen molar-refractivity contribution in [1.29, 1.82) is 0 Å². The molecule has 7 nitrogen and oxygen atoms in total. The van der Waals surface area contributed by atoms with Crippen LogP contribution in [0.2, 0.25) is 5.02 Å². The van der Waals surface area contributed by atoms with Crippen LogP contribution in [0.25, 0.3) is 60.8 Å². The van der Waals surface area contributed by atoms with Crippen molar-refractivity contribution in [3.63, 3.8) is 0 Å². The van der Waals surface area contributed by atoms with E-state index in [1.165, 1.54) is 45.5 Å². The van der Waals surface area contributed by atoms with E-state index in [1.54, 1.807) is 99.2 Å². The molecule has 0 heterocycles. The van der Waals surface area contributed by atoms with Gasteiger partial charge in [-0.15, -0.1) is 0 Å².